The fourth-order valence-electron chi connectivity index (χ4n) is 4.45. The Labute approximate surface area is 204 Å². The molecule has 0 fully saturated rings. The number of amides is 2. The summed E-state index contributed by atoms with van der Waals surface area (Å²) in [5.41, 5.74) is 5.23. The summed E-state index contributed by atoms with van der Waals surface area (Å²) in [6, 6.07) is 23.2. The van der Waals surface area contributed by atoms with Crippen LogP contribution >= 0.6 is 0 Å². The lowest BCUT2D eigenvalue weighted by atomic mass is 9.98. The molecular formula is C28H28N2O5. The molecule has 0 radical (unpaired) electrons. The van der Waals surface area contributed by atoms with E-state index in [1.54, 1.807) is 0 Å². The number of aliphatic carboxylic acids is 1. The number of carboxylic acids is 1. The third-order valence-corrected chi connectivity index (χ3v) is 6.35. The van der Waals surface area contributed by atoms with E-state index in [1.807, 2.05) is 66.7 Å². The smallest absolute Gasteiger partial charge is 0.407 e. The summed E-state index contributed by atoms with van der Waals surface area (Å²) in [7, 11) is 0. The van der Waals surface area contributed by atoms with Gasteiger partial charge in [0, 0.05) is 12.5 Å². The average Bonchev–Trinajstić information content (AvgIpc) is 3.19. The Morgan fingerprint density at radius 1 is 0.886 bits per heavy atom. The quantitative estimate of drug-likeness (QED) is 0.506. The van der Waals surface area contributed by atoms with Gasteiger partial charge in [-0.05, 0) is 41.7 Å². The molecule has 0 bridgehead atoms. The molecule has 3 aromatic carbocycles. The second-order valence-corrected chi connectivity index (χ2v) is 8.66. The second kappa shape index (κ2) is 10.4. The second-order valence-electron chi connectivity index (χ2n) is 8.66. The number of carboxylic acid groups (broad SMARTS) is 1. The number of carbonyl (C=O) groups is 3. The van der Waals surface area contributed by atoms with Gasteiger partial charge in [0.15, 0.2) is 0 Å². The third kappa shape index (κ3) is 5.19. The van der Waals surface area contributed by atoms with Gasteiger partial charge in [0.1, 0.15) is 18.7 Å². The highest BCUT2D eigenvalue weighted by atomic mass is 16.5. The van der Waals surface area contributed by atoms with Gasteiger partial charge in [-0.25, -0.2) is 9.59 Å². The molecule has 1 aliphatic rings. The van der Waals surface area contributed by atoms with Crippen LogP contribution in [0, 0.1) is 0 Å². The van der Waals surface area contributed by atoms with Crippen LogP contribution in [0.1, 0.15) is 36.5 Å². The molecule has 2 N–H and O–H groups in total. The minimum Gasteiger partial charge on any atom is -0.480 e. The Balaban J connectivity index is 1.41. The van der Waals surface area contributed by atoms with Gasteiger partial charge < -0.3 is 20.1 Å². The van der Waals surface area contributed by atoms with Crippen molar-refractivity contribution in [2.45, 2.75) is 38.4 Å². The maximum absolute atomic E-state index is 13.1. The Bertz CT molecular complexity index is 1180. The molecule has 1 aliphatic carbocycles. The number of alkyl carbamates (subject to hydrolysis) is 1. The van der Waals surface area contributed by atoms with Crippen molar-refractivity contribution >= 4 is 18.0 Å². The van der Waals surface area contributed by atoms with Crippen LogP contribution in [0.2, 0.25) is 0 Å². The Morgan fingerprint density at radius 2 is 1.43 bits per heavy atom. The fourth-order valence-corrected chi connectivity index (χ4v) is 4.45. The van der Waals surface area contributed by atoms with Crippen LogP contribution in [0.3, 0.4) is 0 Å². The van der Waals surface area contributed by atoms with Gasteiger partial charge in [-0.15, -0.1) is 0 Å². The number of hydrogen-bond acceptors (Lipinski definition) is 4. The summed E-state index contributed by atoms with van der Waals surface area (Å²) in [6.45, 7) is 3.21. The lowest BCUT2D eigenvalue weighted by Gasteiger charge is -2.29. The molecule has 0 aliphatic heterocycles. The number of fused-ring (bicyclic) bond motifs is 3. The molecule has 2 amide bonds. The maximum Gasteiger partial charge on any atom is 0.407 e. The van der Waals surface area contributed by atoms with E-state index >= 15 is 0 Å². The van der Waals surface area contributed by atoms with E-state index in [0.29, 0.717) is 0 Å². The normalized spacial score (nSPS) is 13.8. The topological polar surface area (TPSA) is 95.9 Å². The van der Waals surface area contributed by atoms with Crippen LogP contribution in [-0.2, 0) is 20.9 Å². The number of nitrogens with one attached hydrogen (secondary N) is 1. The van der Waals surface area contributed by atoms with Crippen molar-refractivity contribution in [1.29, 1.82) is 0 Å². The summed E-state index contributed by atoms with van der Waals surface area (Å²) in [5, 5.41) is 12.1. The number of carbonyl (C=O) groups excluding carboxylic acids is 2. The summed E-state index contributed by atoms with van der Waals surface area (Å²) in [4.78, 5) is 38.6. The minimum absolute atomic E-state index is 0.0965. The van der Waals surface area contributed by atoms with Crippen LogP contribution in [0.15, 0.2) is 78.9 Å². The molecule has 0 spiro atoms. The largest absolute Gasteiger partial charge is 0.480 e. The first-order valence-corrected chi connectivity index (χ1v) is 11.6. The van der Waals surface area contributed by atoms with E-state index in [4.69, 9.17) is 4.74 Å². The molecule has 0 saturated carbocycles. The number of ether oxygens (including phenoxy) is 1. The van der Waals surface area contributed by atoms with Crippen molar-refractivity contribution < 1.29 is 24.2 Å². The number of hydrogen-bond donors (Lipinski definition) is 2. The van der Waals surface area contributed by atoms with Crippen molar-refractivity contribution in [2.75, 3.05) is 6.61 Å². The zero-order valence-corrected chi connectivity index (χ0v) is 19.7. The van der Waals surface area contributed by atoms with E-state index in [2.05, 4.69) is 17.4 Å². The highest BCUT2D eigenvalue weighted by molar-refractivity contribution is 5.89. The first-order chi connectivity index (χ1) is 16.9. The van der Waals surface area contributed by atoms with Gasteiger partial charge >= 0.3 is 12.1 Å². The molecule has 35 heavy (non-hydrogen) atoms. The number of benzene rings is 3. The van der Waals surface area contributed by atoms with Crippen molar-refractivity contribution in [3.05, 3.63) is 95.6 Å². The standard InChI is InChI=1S/C28H28N2O5/c1-18(26(31)30(19(2)27(32)33)16-20-10-4-3-5-11-20)29-28(34)35-17-25-23-14-8-6-12-21(23)22-13-7-9-15-24(22)25/h3-15,18-19,25H,16-17H2,1-2H3,(H,29,34)(H,32,33)/t18-,19-/m0/s1. The van der Waals surface area contributed by atoms with Gasteiger partial charge in [-0.2, -0.15) is 0 Å². The highest BCUT2D eigenvalue weighted by Crippen LogP contribution is 2.44. The molecule has 4 rings (SSSR count). The Morgan fingerprint density at radius 3 is 2.00 bits per heavy atom. The van der Waals surface area contributed by atoms with E-state index in [1.165, 1.54) is 18.7 Å². The third-order valence-electron chi connectivity index (χ3n) is 6.35. The van der Waals surface area contributed by atoms with Crippen LogP contribution in [-0.4, -0.2) is 46.7 Å². The number of nitrogens with zero attached hydrogens (tertiary/aromatic N) is 1. The molecule has 7 heteroatoms. The van der Waals surface area contributed by atoms with Gasteiger partial charge in [-0.1, -0.05) is 78.9 Å². The molecule has 0 unspecified atom stereocenters. The summed E-state index contributed by atoms with van der Waals surface area (Å²) in [5.74, 6) is -1.72. The predicted molar refractivity (Wildman–Crippen MR) is 132 cm³/mol. The van der Waals surface area contributed by atoms with Gasteiger partial charge in [0.05, 0.1) is 0 Å². The lowest BCUT2D eigenvalue weighted by molar-refractivity contribution is -0.150. The molecule has 0 heterocycles. The lowest BCUT2D eigenvalue weighted by Crippen LogP contribution is -2.51. The zero-order chi connectivity index (χ0) is 24.9. The van der Waals surface area contributed by atoms with Gasteiger partial charge in [0.25, 0.3) is 0 Å². The monoisotopic (exact) mass is 472 g/mol. The van der Waals surface area contributed by atoms with Crippen molar-refractivity contribution in [3.8, 4) is 11.1 Å². The molecule has 0 aromatic heterocycles. The summed E-state index contributed by atoms with van der Waals surface area (Å²) in [6.07, 6.45) is -0.727. The number of rotatable bonds is 8. The summed E-state index contributed by atoms with van der Waals surface area (Å²) < 4.78 is 5.53. The molecule has 2 atom stereocenters. The van der Waals surface area contributed by atoms with E-state index in [-0.39, 0.29) is 19.1 Å². The SMILES string of the molecule is C[C@H](NC(=O)OCC1c2ccccc2-c2ccccc21)C(=O)N(Cc1ccccc1)[C@@H](C)C(=O)O. The van der Waals surface area contributed by atoms with Crippen LogP contribution in [0.5, 0.6) is 0 Å². The Kier molecular flexibility index (Phi) is 7.15. The van der Waals surface area contributed by atoms with Crippen molar-refractivity contribution in [1.82, 2.24) is 10.2 Å². The molecule has 7 nitrogen and oxygen atoms in total. The molecule has 180 valence electrons. The van der Waals surface area contributed by atoms with E-state index in [0.717, 1.165) is 27.8 Å². The first-order valence-electron chi connectivity index (χ1n) is 11.6. The zero-order valence-electron chi connectivity index (χ0n) is 19.7. The minimum atomic E-state index is -1.12. The maximum atomic E-state index is 13.1. The van der Waals surface area contributed by atoms with Gasteiger partial charge in [0.2, 0.25) is 5.91 Å². The van der Waals surface area contributed by atoms with Crippen LogP contribution in [0.25, 0.3) is 11.1 Å². The van der Waals surface area contributed by atoms with E-state index in [9.17, 15) is 19.5 Å². The van der Waals surface area contributed by atoms with E-state index < -0.39 is 30.1 Å². The predicted octanol–water partition coefficient (Wildman–Crippen LogP) is 4.42. The fraction of sp³-hybridized carbons (Fsp3) is 0.250. The average molecular weight is 473 g/mol. The summed E-state index contributed by atoms with van der Waals surface area (Å²) >= 11 is 0. The highest BCUT2D eigenvalue weighted by Gasteiger charge is 2.32. The molecule has 0 saturated heterocycles. The van der Waals surface area contributed by atoms with Crippen LogP contribution in [0.4, 0.5) is 4.79 Å². The van der Waals surface area contributed by atoms with Crippen molar-refractivity contribution in [3.63, 3.8) is 0 Å². The molecule has 3 aromatic rings. The first kappa shape index (κ1) is 24.0. The van der Waals surface area contributed by atoms with Crippen molar-refractivity contribution in [2.24, 2.45) is 0 Å². The van der Waals surface area contributed by atoms with Crippen LogP contribution < -0.4 is 5.32 Å². The molecular weight excluding hydrogens is 444 g/mol. The Hall–Kier alpha value is -4.13. The van der Waals surface area contributed by atoms with Gasteiger partial charge in [-0.3, -0.25) is 4.79 Å².